The van der Waals surface area contributed by atoms with Gasteiger partial charge in [-0.1, -0.05) is 36.2 Å². The van der Waals surface area contributed by atoms with Gasteiger partial charge in [-0.25, -0.2) is 4.98 Å². The van der Waals surface area contributed by atoms with Gasteiger partial charge in [0.1, 0.15) is 5.82 Å². The van der Waals surface area contributed by atoms with Crippen LogP contribution in [0.4, 0.5) is 0 Å². The van der Waals surface area contributed by atoms with E-state index in [2.05, 4.69) is 40.0 Å². The van der Waals surface area contributed by atoms with Crippen molar-refractivity contribution in [2.75, 3.05) is 26.2 Å². The van der Waals surface area contributed by atoms with Gasteiger partial charge < -0.3 is 5.32 Å². The zero-order chi connectivity index (χ0) is 19.6. The minimum atomic E-state index is 0.0697. The summed E-state index contributed by atoms with van der Waals surface area (Å²) in [4.78, 5) is 20.8. The molecule has 1 fully saturated rings. The van der Waals surface area contributed by atoms with Crippen LogP contribution in [0.25, 0.3) is 10.9 Å². The van der Waals surface area contributed by atoms with E-state index in [9.17, 15) is 4.79 Å². The number of halogens is 1. The number of hydrogen-bond acceptors (Lipinski definition) is 4. The van der Waals surface area contributed by atoms with Gasteiger partial charge in [-0.2, -0.15) is 0 Å². The first kappa shape index (κ1) is 20.5. The minimum absolute atomic E-state index is 0.0697. The lowest BCUT2D eigenvalue weighted by molar-refractivity contribution is 0.169. The van der Waals surface area contributed by atoms with Gasteiger partial charge in [0.05, 0.1) is 16.9 Å². The third-order valence-electron chi connectivity index (χ3n) is 5.50. The average molecular weight is 435 g/mol. The molecule has 3 rings (SSSR count). The minimum Gasteiger partial charge on any atom is -0.315 e. The van der Waals surface area contributed by atoms with Crippen LogP contribution < -0.4 is 10.9 Å². The van der Waals surface area contributed by atoms with Crippen LogP contribution in [0.15, 0.2) is 21.4 Å². The molecule has 0 unspecified atom stereocenters. The molecule has 1 aliphatic heterocycles. The molecule has 27 heavy (non-hydrogen) atoms. The Balaban J connectivity index is 2.16. The molecule has 0 bridgehead atoms. The smallest absolute Gasteiger partial charge is 0.261 e. The van der Waals surface area contributed by atoms with Gasteiger partial charge in [0.25, 0.3) is 5.56 Å². The van der Waals surface area contributed by atoms with Crippen LogP contribution in [0.3, 0.4) is 0 Å². The molecule has 0 radical (unpaired) electrons. The zero-order valence-electron chi connectivity index (χ0n) is 16.9. The van der Waals surface area contributed by atoms with Gasteiger partial charge in [-0.15, -0.1) is 0 Å². The van der Waals surface area contributed by atoms with Crippen molar-refractivity contribution in [2.45, 2.75) is 53.1 Å². The van der Waals surface area contributed by atoms with E-state index in [1.165, 1.54) is 0 Å². The van der Waals surface area contributed by atoms with Crippen molar-refractivity contribution in [3.8, 4) is 0 Å². The number of benzene rings is 1. The number of nitrogens with one attached hydrogen (secondary N) is 1. The van der Waals surface area contributed by atoms with E-state index in [-0.39, 0.29) is 11.6 Å². The molecular formula is C21H31BrN4O. The van der Waals surface area contributed by atoms with Crippen LogP contribution in [-0.4, -0.2) is 40.6 Å². The number of hydrogen-bond donors (Lipinski definition) is 1. The number of aromatic nitrogens is 2. The lowest BCUT2D eigenvalue weighted by atomic mass is 10.1. The lowest BCUT2D eigenvalue weighted by Crippen LogP contribution is -2.38. The van der Waals surface area contributed by atoms with Crippen molar-refractivity contribution in [3.63, 3.8) is 0 Å². The van der Waals surface area contributed by atoms with Gasteiger partial charge in [0, 0.05) is 30.7 Å². The lowest BCUT2D eigenvalue weighted by Gasteiger charge is -2.32. The Morgan fingerprint density at radius 2 is 2.15 bits per heavy atom. The van der Waals surface area contributed by atoms with Crippen molar-refractivity contribution in [1.82, 2.24) is 19.8 Å². The monoisotopic (exact) mass is 434 g/mol. The molecule has 2 aromatic rings. The third-order valence-corrected chi connectivity index (χ3v) is 6.35. The molecule has 6 heteroatoms. The molecule has 1 aliphatic rings. The fourth-order valence-electron chi connectivity index (χ4n) is 4.08. The van der Waals surface area contributed by atoms with Crippen LogP contribution in [0.1, 0.15) is 51.0 Å². The molecule has 2 heterocycles. The van der Waals surface area contributed by atoms with Gasteiger partial charge >= 0.3 is 0 Å². The number of nitrogens with zero attached hydrogens (tertiary/aromatic N) is 3. The second kappa shape index (κ2) is 8.84. The van der Waals surface area contributed by atoms with Crippen LogP contribution >= 0.6 is 15.9 Å². The summed E-state index contributed by atoms with van der Waals surface area (Å²) >= 11 is 3.56. The summed E-state index contributed by atoms with van der Waals surface area (Å²) in [7, 11) is 0. The van der Waals surface area contributed by atoms with E-state index in [4.69, 9.17) is 4.98 Å². The van der Waals surface area contributed by atoms with Crippen molar-refractivity contribution in [3.05, 3.63) is 38.3 Å². The van der Waals surface area contributed by atoms with E-state index in [0.29, 0.717) is 17.8 Å². The van der Waals surface area contributed by atoms with E-state index in [0.717, 1.165) is 60.4 Å². The normalized spacial score (nSPS) is 20.0. The molecule has 2 atom stereocenters. The first-order valence-electron chi connectivity index (χ1n) is 10.1. The Morgan fingerprint density at radius 1 is 1.37 bits per heavy atom. The maximum atomic E-state index is 13.2. The standard InChI is InChI=1S/C21H31BrN4O/c1-5-7-19(25-9-8-23-12-14(3)13-25)20-24-18-10-15(4)17(22)11-16(18)21(27)26(20)6-2/h10-11,14,19,23H,5-9,12-13H2,1-4H3/t14-,19+/m0/s1. The quantitative estimate of drug-likeness (QED) is 0.775. The van der Waals surface area contributed by atoms with E-state index < -0.39 is 0 Å². The largest absolute Gasteiger partial charge is 0.315 e. The number of rotatable bonds is 5. The highest BCUT2D eigenvalue weighted by molar-refractivity contribution is 9.10. The fourth-order valence-corrected chi connectivity index (χ4v) is 4.43. The molecule has 1 aromatic heterocycles. The summed E-state index contributed by atoms with van der Waals surface area (Å²) in [5, 5.41) is 4.22. The second-order valence-corrected chi connectivity index (χ2v) is 8.60. The predicted octanol–water partition coefficient (Wildman–Crippen LogP) is 3.87. The van der Waals surface area contributed by atoms with Crippen LogP contribution in [0.5, 0.6) is 0 Å². The molecule has 0 amide bonds. The average Bonchev–Trinajstić information content (AvgIpc) is 2.85. The Labute approximate surface area is 170 Å². The maximum absolute atomic E-state index is 13.2. The summed E-state index contributed by atoms with van der Waals surface area (Å²) in [5.74, 6) is 1.51. The second-order valence-electron chi connectivity index (χ2n) is 7.75. The molecule has 0 aliphatic carbocycles. The van der Waals surface area contributed by atoms with Crippen molar-refractivity contribution in [1.29, 1.82) is 0 Å². The number of fused-ring (bicyclic) bond motifs is 1. The zero-order valence-corrected chi connectivity index (χ0v) is 18.5. The van der Waals surface area contributed by atoms with E-state index >= 15 is 0 Å². The summed E-state index contributed by atoms with van der Waals surface area (Å²) in [6, 6.07) is 4.13. The third kappa shape index (κ3) is 4.28. The molecule has 0 spiro atoms. The molecular weight excluding hydrogens is 404 g/mol. The molecule has 0 saturated carbocycles. The van der Waals surface area contributed by atoms with Crippen LogP contribution in [-0.2, 0) is 6.54 Å². The Hall–Kier alpha value is -1.24. The van der Waals surface area contributed by atoms with E-state index in [1.54, 1.807) is 0 Å². The van der Waals surface area contributed by atoms with Crippen molar-refractivity contribution < 1.29 is 0 Å². The van der Waals surface area contributed by atoms with E-state index in [1.807, 2.05) is 30.5 Å². The topological polar surface area (TPSA) is 50.2 Å². The van der Waals surface area contributed by atoms with Gasteiger partial charge in [-0.05, 0) is 50.4 Å². The molecule has 1 aromatic carbocycles. The predicted molar refractivity (Wildman–Crippen MR) is 115 cm³/mol. The highest BCUT2D eigenvalue weighted by atomic mass is 79.9. The molecule has 148 valence electrons. The first-order chi connectivity index (χ1) is 13.0. The van der Waals surface area contributed by atoms with Crippen LogP contribution in [0, 0.1) is 12.8 Å². The maximum Gasteiger partial charge on any atom is 0.261 e. The molecule has 1 N–H and O–H groups in total. The summed E-state index contributed by atoms with van der Waals surface area (Å²) in [6.07, 6.45) is 2.08. The van der Waals surface area contributed by atoms with Gasteiger partial charge in [-0.3, -0.25) is 14.3 Å². The Kier molecular flexibility index (Phi) is 6.71. The van der Waals surface area contributed by atoms with Gasteiger partial charge in [0.2, 0.25) is 0 Å². The Morgan fingerprint density at radius 3 is 2.85 bits per heavy atom. The molecule has 5 nitrogen and oxygen atoms in total. The Bertz CT molecular complexity index is 863. The van der Waals surface area contributed by atoms with Crippen LogP contribution in [0.2, 0.25) is 0 Å². The SMILES string of the molecule is CCC[C@H](c1nc2cc(C)c(Br)cc2c(=O)n1CC)N1CCNC[C@H](C)C1. The van der Waals surface area contributed by atoms with Crippen molar-refractivity contribution >= 4 is 26.8 Å². The highest BCUT2D eigenvalue weighted by Gasteiger charge is 2.27. The fraction of sp³-hybridized carbons (Fsp3) is 0.619. The van der Waals surface area contributed by atoms with Crippen molar-refractivity contribution in [2.24, 2.45) is 5.92 Å². The molecule has 1 saturated heterocycles. The highest BCUT2D eigenvalue weighted by Crippen LogP contribution is 2.28. The summed E-state index contributed by atoms with van der Waals surface area (Å²) < 4.78 is 2.84. The van der Waals surface area contributed by atoms with Gasteiger partial charge in [0.15, 0.2) is 0 Å². The summed E-state index contributed by atoms with van der Waals surface area (Å²) in [6.45, 7) is 13.3. The first-order valence-corrected chi connectivity index (χ1v) is 10.9. The summed E-state index contributed by atoms with van der Waals surface area (Å²) in [5.41, 5.74) is 1.98. The number of aryl methyl sites for hydroxylation is 1.